The number of amides is 1. The van der Waals surface area contributed by atoms with E-state index in [-0.39, 0.29) is 5.91 Å². The summed E-state index contributed by atoms with van der Waals surface area (Å²) in [5.41, 5.74) is 5.57. The maximum absolute atomic E-state index is 12.8. The molecule has 8 nitrogen and oxygen atoms in total. The first-order valence-corrected chi connectivity index (χ1v) is 13.3. The van der Waals surface area contributed by atoms with Gasteiger partial charge in [0, 0.05) is 34.4 Å². The minimum Gasteiger partial charge on any atom is -0.497 e. The normalized spacial score (nSPS) is 10.8. The summed E-state index contributed by atoms with van der Waals surface area (Å²) in [6.45, 7) is 1.91. The van der Waals surface area contributed by atoms with E-state index >= 15 is 0 Å². The van der Waals surface area contributed by atoms with Gasteiger partial charge in [-0.05, 0) is 67.6 Å². The third kappa shape index (κ3) is 6.15. The molecule has 0 fully saturated rings. The molecule has 0 bridgehead atoms. The number of fused-ring (bicyclic) bond motifs is 1. The van der Waals surface area contributed by atoms with Crippen molar-refractivity contribution < 1.29 is 14.3 Å². The fraction of sp³-hybridized carbons (Fsp3) is 0.167. The van der Waals surface area contributed by atoms with E-state index in [1.54, 1.807) is 14.2 Å². The second-order valence-corrected chi connectivity index (χ2v) is 9.79. The molecule has 0 aliphatic heterocycles. The van der Waals surface area contributed by atoms with Crippen LogP contribution in [0.3, 0.4) is 0 Å². The van der Waals surface area contributed by atoms with Crippen molar-refractivity contribution in [3.05, 3.63) is 84.6 Å². The lowest BCUT2D eigenvalue weighted by atomic mass is 10.0. The molecule has 0 unspecified atom stereocenters. The Bertz CT molecular complexity index is 1610. The first kappa shape index (κ1) is 26.1. The Kier molecular flexibility index (Phi) is 7.98. The lowest BCUT2D eigenvalue weighted by molar-refractivity contribution is -0.115. The molecule has 0 aliphatic rings. The first-order chi connectivity index (χ1) is 19.0. The van der Waals surface area contributed by atoms with Gasteiger partial charge in [-0.3, -0.25) is 9.78 Å². The van der Waals surface area contributed by atoms with Crippen molar-refractivity contribution in [3.63, 3.8) is 0 Å². The Morgan fingerprint density at radius 2 is 1.46 bits per heavy atom. The number of methoxy groups -OCH3 is 2. The minimum atomic E-state index is -0.0866. The molecular formula is C30H27N5O3S. The third-order valence-electron chi connectivity index (χ3n) is 6.07. The Hall–Kier alpha value is -4.50. The van der Waals surface area contributed by atoms with Gasteiger partial charge in [0.15, 0.2) is 0 Å². The summed E-state index contributed by atoms with van der Waals surface area (Å²) in [5.74, 6) is 1.92. The van der Waals surface area contributed by atoms with Gasteiger partial charge in [0.1, 0.15) is 22.9 Å². The van der Waals surface area contributed by atoms with Crippen LogP contribution in [-0.2, 0) is 4.79 Å². The van der Waals surface area contributed by atoms with Crippen molar-refractivity contribution in [2.45, 2.75) is 18.5 Å². The number of para-hydroxylation sites is 1. The number of ether oxygens (including phenoxy) is 2. The van der Waals surface area contributed by atoms with Crippen LogP contribution in [0.4, 0.5) is 5.69 Å². The van der Waals surface area contributed by atoms with Gasteiger partial charge in [-0.25, -0.2) is 4.98 Å². The number of aromatic nitrogens is 4. The highest BCUT2D eigenvalue weighted by molar-refractivity contribution is 7.99. The summed E-state index contributed by atoms with van der Waals surface area (Å²) in [4.78, 5) is 22.1. The molecule has 0 radical (unpaired) electrons. The number of hydrogen-bond donors (Lipinski definition) is 1. The number of rotatable bonds is 9. The zero-order chi connectivity index (χ0) is 27.2. The van der Waals surface area contributed by atoms with Crippen LogP contribution in [0.15, 0.2) is 84.0 Å². The number of pyridine rings is 1. The van der Waals surface area contributed by atoms with Crippen LogP contribution in [-0.4, -0.2) is 46.0 Å². The first-order valence-electron chi connectivity index (χ1n) is 12.4. The van der Waals surface area contributed by atoms with Crippen molar-refractivity contribution in [1.29, 1.82) is 0 Å². The number of anilines is 1. The molecule has 0 saturated carbocycles. The largest absolute Gasteiger partial charge is 0.497 e. The zero-order valence-corrected chi connectivity index (χ0v) is 22.7. The monoisotopic (exact) mass is 537 g/mol. The number of hydrogen-bond acceptors (Lipinski definition) is 8. The molecule has 1 N–H and O–H groups in total. The van der Waals surface area contributed by atoms with E-state index in [0.29, 0.717) is 28.7 Å². The van der Waals surface area contributed by atoms with Crippen LogP contribution in [0.2, 0.25) is 0 Å². The predicted octanol–water partition coefficient (Wildman–Crippen LogP) is 6.20. The van der Waals surface area contributed by atoms with Crippen LogP contribution in [0.25, 0.3) is 33.4 Å². The van der Waals surface area contributed by atoms with Crippen molar-refractivity contribution >= 4 is 34.3 Å². The van der Waals surface area contributed by atoms with Crippen molar-refractivity contribution in [3.8, 4) is 34.0 Å². The van der Waals surface area contributed by atoms with E-state index in [1.165, 1.54) is 11.8 Å². The lowest BCUT2D eigenvalue weighted by Crippen LogP contribution is -2.13. The molecule has 2 aromatic heterocycles. The predicted molar refractivity (Wildman–Crippen MR) is 154 cm³/mol. The number of carbonyl (C=O) groups excluding carboxylic acids is 1. The van der Waals surface area contributed by atoms with Gasteiger partial charge in [-0.1, -0.05) is 30.0 Å². The molecule has 1 amide bonds. The number of nitrogens with zero attached hydrogens (tertiary/aromatic N) is 4. The highest BCUT2D eigenvalue weighted by Crippen LogP contribution is 2.32. The fourth-order valence-electron chi connectivity index (χ4n) is 4.12. The SMILES string of the molecule is COc1ccc(-c2nnc(SCCC(=O)Nc3cc(C)nc4ccccc34)nc2-c2ccc(OC)cc2)cc1. The second kappa shape index (κ2) is 11.9. The molecule has 5 rings (SSSR count). The summed E-state index contributed by atoms with van der Waals surface area (Å²) in [6, 6.07) is 24.9. The molecule has 3 aromatic carbocycles. The van der Waals surface area contributed by atoms with Gasteiger partial charge in [0.25, 0.3) is 0 Å². The van der Waals surface area contributed by atoms with E-state index in [1.807, 2.05) is 85.8 Å². The minimum absolute atomic E-state index is 0.0866. The lowest BCUT2D eigenvalue weighted by Gasteiger charge is -2.11. The molecule has 39 heavy (non-hydrogen) atoms. The standard InChI is InChI=1S/C30H27N5O3S/c1-19-18-26(24-6-4-5-7-25(24)31-19)32-27(36)16-17-39-30-33-28(20-8-12-22(37-2)13-9-20)29(34-35-30)21-10-14-23(38-3)15-11-21/h4-15,18H,16-17H2,1-3H3,(H,31,32,36). The van der Waals surface area contributed by atoms with Gasteiger partial charge in [-0.2, -0.15) is 0 Å². The van der Waals surface area contributed by atoms with Gasteiger partial charge in [-0.15, -0.1) is 10.2 Å². The van der Waals surface area contributed by atoms with Crippen LogP contribution >= 0.6 is 11.8 Å². The average molecular weight is 538 g/mol. The summed E-state index contributed by atoms with van der Waals surface area (Å²) >= 11 is 1.39. The topological polar surface area (TPSA) is 99.1 Å². The summed E-state index contributed by atoms with van der Waals surface area (Å²) in [6.07, 6.45) is 0.293. The van der Waals surface area contributed by atoms with E-state index in [4.69, 9.17) is 14.5 Å². The van der Waals surface area contributed by atoms with E-state index < -0.39 is 0 Å². The number of nitrogens with one attached hydrogen (secondary N) is 1. The molecule has 196 valence electrons. The fourth-order valence-corrected chi connectivity index (χ4v) is 4.85. The summed E-state index contributed by atoms with van der Waals surface area (Å²) < 4.78 is 10.6. The third-order valence-corrected chi connectivity index (χ3v) is 6.91. The molecule has 0 saturated heterocycles. The van der Waals surface area contributed by atoms with Gasteiger partial charge >= 0.3 is 0 Å². The van der Waals surface area contributed by atoms with Crippen molar-refractivity contribution in [1.82, 2.24) is 20.2 Å². The summed E-state index contributed by atoms with van der Waals surface area (Å²) in [5, 5.41) is 13.3. The molecule has 9 heteroatoms. The Labute approximate surface area is 230 Å². The van der Waals surface area contributed by atoms with Crippen LogP contribution in [0.1, 0.15) is 12.1 Å². The maximum Gasteiger partial charge on any atom is 0.225 e. The second-order valence-electron chi connectivity index (χ2n) is 8.72. The molecule has 0 aliphatic carbocycles. The summed E-state index contributed by atoms with van der Waals surface area (Å²) in [7, 11) is 3.26. The maximum atomic E-state index is 12.8. The number of thioether (sulfide) groups is 1. The quantitative estimate of drug-likeness (QED) is 0.222. The van der Waals surface area contributed by atoms with Gasteiger partial charge in [0.05, 0.1) is 25.4 Å². The zero-order valence-electron chi connectivity index (χ0n) is 21.8. The van der Waals surface area contributed by atoms with Crippen LogP contribution < -0.4 is 14.8 Å². The van der Waals surface area contributed by atoms with Gasteiger partial charge in [0.2, 0.25) is 11.1 Å². The Morgan fingerprint density at radius 1 is 0.821 bits per heavy atom. The van der Waals surface area contributed by atoms with E-state index in [2.05, 4.69) is 20.5 Å². The average Bonchev–Trinajstić information content (AvgIpc) is 2.97. The van der Waals surface area contributed by atoms with E-state index in [9.17, 15) is 4.79 Å². The van der Waals surface area contributed by atoms with Crippen molar-refractivity contribution in [2.24, 2.45) is 0 Å². The molecule has 0 atom stereocenters. The number of aryl methyl sites for hydroxylation is 1. The van der Waals surface area contributed by atoms with Crippen LogP contribution in [0, 0.1) is 6.92 Å². The molecule has 0 spiro atoms. The highest BCUT2D eigenvalue weighted by atomic mass is 32.2. The molecule has 2 heterocycles. The van der Waals surface area contributed by atoms with Gasteiger partial charge < -0.3 is 14.8 Å². The Balaban J connectivity index is 1.33. The molecule has 5 aromatic rings. The van der Waals surface area contributed by atoms with E-state index in [0.717, 1.165) is 44.9 Å². The van der Waals surface area contributed by atoms with Crippen LogP contribution in [0.5, 0.6) is 11.5 Å². The smallest absolute Gasteiger partial charge is 0.225 e. The number of carbonyl (C=O) groups is 1. The Morgan fingerprint density at radius 3 is 2.13 bits per heavy atom. The molecular weight excluding hydrogens is 510 g/mol. The highest BCUT2D eigenvalue weighted by Gasteiger charge is 2.15. The van der Waals surface area contributed by atoms with Crippen molar-refractivity contribution in [2.75, 3.05) is 25.3 Å². The number of benzene rings is 3.